The number of carbonyl (C=O) groups is 1. The first-order valence-electron chi connectivity index (χ1n) is 9.97. The maximum atomic E-state index is 12.3. The number of fused-ring (bicyclic) bond motifs is 1. The number of hydrogen-bond acceptors (Lipinski definition) is 7. The fraction of sp³-hybridized carbons (Fsp3) is 0.650. The Bertz CT molecular complexity index is 722. The van der Waals surface area contributed by atoms with Crippen LogP contribution in [0.4, 0.5) is 4.79 Å². The van der Waals surface area contributed by atoms with E-state index in [4.69, 9.17) is 9.47 Å². The molecule has 2 aliphatic heterocycles. The summed E-state index contributed by atoms with van der Waals surface area (Å²) in [5.74, 6) is 1.54. The molecule has 29 heavy (non-hydrogen) atoms. The number of halogens is 1. The quantitative estimate of drug-likeness (QED) is 0.606. The normalized spacial score (nSPS) is 18.5. The van der Waals surface area contributed by atoms with Gasteiger partial charge in [-0.2, -0.15) is 0 Å². The number of piperazine rings is 1. The molecule has 2 aliphatic rings. The first kappa shape index (κ1) is 23.5. The van der Waals surface area contributed by atoms with Crippen LogP contribution in [-0.4, -0.2) is 71.3 Å². The molecule has 0 aromatic carbocycles. The molecule has 9 heteroatoms. The molecule has 1 aromatic heterocycles. The summed E-state index contributed by atoms with van der Waals surface area (Å²) >= 11 is 0. The molecule has 1 atom stereocenters. The zero-order chi connectivity index (χ0) is 20.1. The van der Waals surface area contributed by atoms with Crippen LogP contribution in [0.5, 0.6) is 5.88 Å². The molecule has 0 aliphatic carbocycles. The standard InChI is InChI=1S/C20H31N5O3.HI/c1-5-11-27-17-15(7-6-8-21-17)12-22-18-23-13-16-14-24(9-10-25(16)18)19(26)28-20(2,3)4;/h6-8,16H,5,9-14H2,1-4H3,(H,22,23);1H. The van der Waals surface area contributed by atoms with Crippen molar-refractivity contribution < 1.29 is 14.3 Å². The van der Waals surface area contributed by atoms with Crippen molar-refractivity contribution in [2.24, 2.45) is 4.99 Å². The number of amides is 1. The van der Waals surface area contributed by atoms with Gasteiger partial charge in [0.2, 0.25) is 5.88 Å². The van der Waals surface area contributed by atoms with Gasteiger partial charge < -0.3 is 24.6 Å². The van der Waals surface area contributed by atoms with Crippen LogP contribution in [0, 0.1) is 0 Å². The summed E-state index contributed by atoms with van der Waals surface area (Å²) in [7, 11) is 0. The van der Waals surface area contributed by atoms with Crippen molar-refractivity contribution in [3.8, 4) is 5.88 Å². The van der Waals surface area contributed by atoms with Crippen LogP contribution in [0.2, 0.25) is 0 Å². The minimum Gasteiger partial charge on any atom is -0.477 e. The van der Waals surface area contributed by atoms with E-state index >= 15 is 0 Å². The van der Waals surface area contributed by atoms with Gasteiger partial charge in [-0.15, -0.1) is 24.0 Å². The summed E-state index contributed by atoms with van der Waals surface area (Å²) in [5, 5.41) is 3.42. The molecule has 1 amide bonds. The predicted molar refractivity (Wildman–Crippen MR) is 123 cm³/mol. The van der Waals surface area contributed by atoms with E-state index in [-0.39, 0.29) is 36.1 Å². The van der Waals surface area contributed by atoms with Crippen LogP contribution in [0.25, 0.3) is 0 Å². The van der Waals surface area contributed by atoms with E-state index in [1.165, 1.54) is 0 Å². The second-order valence-corrected chi connectivity index (χ2v) is 8.11. The molecule has 3 heterocycles. The summed E-state index contributed by atoms with van der Waals surface area (Å²) in [6.45, 7) is 11.7. The fourth-order valence-corrected chi connectivity index (χ4v) is 3.28. The van der Waals surface area contributed by atoms with E-state index < -0.39 is 5.60 Å². The molecule has 0 radical (unpaired) electrons. The van der Waals surface area contributed by atoms with Crippen LogP contribution in [-0.2, 0) is 11.3 Å². The van der Waals surface area contributed by atoms with Gasteiger partial charge in [0.05, 0.1) is 19.2 Å². The maximum absolute atomic E-state index is 12.3. The second-order valence-electron chi connectivity index (χ2n) is 8.11. The summed E-state index contributed by atoms with van der Waals surface area (Å²) in [6, 6.07) is 4.11. The SMILES string of the molecule is CCCOc1ncccc1CNC1=NCC2CN(C(=O)OC(C)(C)C)CCN12.I. The van der Waals surface area contributed by atoms with E-state index in [0.717, 1.165) is 24.5 Å². The van der Waals surface area contributed by atoms with Crippen LogP contribution in [0.3, 0.4) is 0 Å². The first-order valence-corrected chi connectivity index (χ1v) is 9.97. The Morgan fingerprint density at radius 2 is 2.14 bits per heavy atom. The lowest BCUT2D eigenvalue weighted by atomic mass is 10.2. The molecular weight excluding hydrogens is 485 g/mol. The maximum Gasteiger partial charge on any atom is 0.410 e. The van der Waals surface area contributed by atoms with Gasteiger partial charge in [0.1, 0.15) is 5.60 Å². The molecule has 8 nitrogen and oxygen atoms in total. The van der Waals surface area contributed by atoms with Crippen molar-refractivity contribution in [1.29, 1.82) is 0 Å². The number of aliphatic imine (C=N–C) groups is 1. The topological polar surface area (TPSA) is 79.3 Å². The predicted octanol–water partition coefficient (Wildman–Crippen LogP) is 2.87. The number of aromatic nitrogens is 1. The van der Waals surface area contributed by atoms with Crippen molar-refractivity contribution in [2.75, 3.05) is 32.8 Å². The molecule has 1 N–H and O–H groups in total. The monoisotopic (exact) mass is 517 g/mol. The molecule has 0 bridgehead atoms. The number of nitrogens with one attached hydrogen (secondary N) is 1. The van der Waals surface area contributed by atoms with Crippen molar-refractivity contribution >= 4 is 36.0 Å². The van der Waals surface area contributed by atoms with Gasteiger partial charge >= 0.3 is 6.09 Å². The van der Waals surface area contributed by atoms with Gasteiger partial charge in [-0.3, -0.25) is 4.99 Å². The summed E-state index contributed by atoms with van der Waals surface area (Å²) < 4.78 is 11.2. The lowest BCUT2D eigenvalue weighted by Crippen LogP contribution is -2.57. The number of pyridine rings is 1. The van der Waals surface area contributed by atoms with Gasteiger partial charge in [-0.1, -0.05) is 13.0 Å². The molecule has 1 unspecified atom stereocenters. The van der Waals surface area contributed by atoms with Crippen molar-refractivity contribution in [2.45, 2.75) is 52.3 Å². The Balaban J connectivity index is 0.00000300. The van der Waals surface area contributed by atoms with Gasteiger partial charge in [-0.05, 0) is 33.3 Å². The number of rotatable bonds is 5. The summed E-state index contributed by atoms with van der Waals surface area (Å²) in [4.78, 5) is 25.3. The smallest absolute Gasteiger partial charge is 0.410 e. The Morgan fingerprint density at radius 3 is 2.86 bits per heavy atom. The van der Waals surface area contributed by atoms with Crippen molar-refractivity contribution in [1.82, 2.24) is 20.1 Å². The molecule has 0 saturated carbocycles. The molecule has 3 rings (SSSR count). The second kappa shape index (κ2) is 10.3. The Labute approximate surface area is 190 Å². The number of ether oxygens (including phenoxy) is 2. The van der Waals surface area contributed by atoms with Gasteiger partial charge in [0.25, 0.3) is 0 Å². The van der Waals surface area contributed by atoms with E-state index in [0.29, 0.717) is 38.7 Å². The number of carbonyl (C=O) groups excluding carboxylic acids is 1. The molecule has 1 fully saturated rings. The minimum absolute atomic E-state index is 0. The van der Waals surface area contributed by atoms with Crippen LogP contribution in [0.1, 0.15) is 39.7 Å². The van der Waals surface area contributed by atoms with Crippen molar-refractivity contribution in [3.05, 3.63) is 23.9 Å². The van der Waals surface area contributed by atoms with E-state index in [9.17, 15) is 4.79 Å². The van der Waals surface area contributed by atoms with Gasteiger partial charge in [0.15, 0.2) is 5.96 Å². The highest BCUT2D eigenvalue weighted by Crippen LogP contribution is 2.20. The third-order valence-electron chi connectivity index (χ3n) is 4.59. The average molecular weight is 517 g/mol. The number of nitrogens with zero attached hydrogens (tertiary/aromatic N) is 4. The third-order valence-corrected chi connectivity index (χ3v) is 4.59. The van der Waals surface area contributed by atoms with Gasteiger partial charge in [0, 0.05) is 37.9 Å². The Hall–Kier alpha value is -1.78. The zero-order valence-electron chi connectivity index (χ0n) is 17.7. The fourth-order valence-electron chi connectivity index (χ4n) is 3.28. The molecule has 162 valence electrons. The average Bonchev–Trinajstić information content (AvgIpc) is 3.06. The minimum atomic E-state index is -0.478. The highest BCUT2D eigenvalue weighted by Gasteiger charge is 2.36. The Kier molecular flexibility index (Phi) is 8.35. The zero-order valence-corrected chi connectivity index (χ0v) is 20.0. The number of hydrogen-bond donors (Lipinski definition) is 1. The van der Waals surface area contributed by atoms with Crippen LogP contribution < -0.4 is 10.1 Å². The third kappa shape index (κ3) is 6.35. The summed E-state index contributed by atoms with van der Waals surface area (Å²) in [5.41, 5.74) is 0.531. The van der Waals surface area contributed by atoms with Crippen LogP contribution in [0.15, 0.2) is 23.3 Å². The van der Waals surface area contributed by atoms with E-state index in [1.54, 1.807) is 11.1 Å². The largest absolute Gasteiger partial charge is 0.477 e. The molecule has 1 saturated heterocycles. The molecular formula is C20H32IN5O3. The lowest BCUT2D eigenvalue weighted by molar-refractivity contribution is 0.0137. The van der Waals surface area contributed by atoms with Gasteiger partial charge in [-0.25, -0.2) is 9.78 Å². The van der Waals surface area contributed by atoms with Crippen LogP contribution >= 0.6 is 24.0 Å². The van der Waals surface area contributed by atoms with Crippen molar-refractivity contribution in [3.63, 3.8) is 0 Å². The molecule has 0 spiro atoms. The highest BCUT2D eigenvalue weighted by molar-refractivity contribution is 14.0. The summed E-state index contributed by atoms with van der Waals surface area (Å²) in [6.07, 6.45) is 2.44. The first-order chi connectivity index (χ1) is 13.4. The molecule has 1 aromatic rings. The number of guanidine groups is 1. The highest BCUT2D eigenvalue weighted by atomic mass is 127. The lowest BCUT2D eigenvalue weighted by Gasteiger charge is -2.39. The van der Waals surface area contributed by atoms with E-state index in [1.807, 2.05) is 32.9 Å². The van der Waals surface area contributed by atoms with E-state index in [2.05, 4.69) is 27.1 Å². The Morgan fingerprint density at radius 1 is 1.34 bits per heavy atom.